The number of aromatic carboxylic acids is 1. The fourth-order valence-corrected chi connectivity index (χ4v) is 3.74. The first-order valence-corrected chi connectivity index (χ1v) is 7.39. The summed E-state index contributed by atoms with van der Waals surface area (Å²) in [6, 6.07) is 5.83. The number of hydrogen-bond acceptors (Lipinski definition) is 3. The second kappa shape index (κ2) is 4.97. The van der Waals surface area contributed by atoms with Crippen molar-refractivity contribution in [3.63, 3.8) is 0 Å². The summed E-state index contributed by atoms with van der Waals surface area (Å²) in [5.41, 5.74) is 0.378. The molecule has 0 saturated heterocycles. The third-order valence-corrected chi connectivity index (χ3v) is 4.98. The van der Waals surface area contributed by atoms with Crippen LogP contribution in [0.15, 0.2) is 24.3 Å². The molecule has 0 unspecified atom stereocenters. The highest BCUT2D eigenvalue weighted by molar-refractivity contribution is 7.93. The Morgan fingerprint density at radius 3 is 2.56 bits per heavy atom. The van der Waals surface area contributed by atoms with Crippen LogP contribution in [0.4, 0.5) is 5.69 Å². The highest BCUT2D eigenvalue weighted by Crippen LogP contribution is 2.26. The molecule has 18 heavy (non-hydrogen) atoms. The Balaban J connectivity index is 2.18. The quantitative estimate of drug-likeness (QED) is 0.876. The van der Waals surface area contributed by atoms with Crippen LogP contribution < -0.4 is 4.72 Å². The maximum atomic E-state index is 12.0. The fraction of sp³-hybridized carbons (Fsp3) is 0.417. The van der Waals surface area contributed by atoms with Gasteiger partial charge < -0.3 is 5.11 Å². The lowest BCUT2D eigenvalue weighted by molar-refractivity contribution is 0.0697. The number of carboxylic acids is 1. The number of hydrogen-bond donors (Lipinski definition) is 2. The summed E-state index contributed by atoms with van der Waals surface area (Å²) < 4.78 is 26.5. The highest BCUT2D eigenvalue weighted by atomic mass is 32.2. The van der Waals surface area contributed by atoms with E-state index in [4.69, 9.17) is 5.11 Å². The minimum Gasteiger partial charge on any atom is -0.478 e. The van der Waals surface area contributed by atoms with E-state index in [-0.39, 0.29) is 10.8 Å². The van der Waals surface area contributed by atoms with Crippen molar-refractivity contribution in [3.8, 4) is 0 Å². The van der Waals surface area contributed by atoms with E-state index in [1.807, 2.05) is 0 Å². The van der Waals surface area contributed by atoms with E-state index in [2.05, 4.69) is 4.72 Å². The lowest BCUT2D eigenvalue weighted by Gasteiger charge is -2.13. The molecular weight excluding hydrogens is 254 g/mol. The van der Waals surface area contributed by atoms with Crippen LogP contribution in [0.5, 0.6) is 0 Å². The van der Waals surface area contributed by atoms with Gasteiger partial charge in [0.2, 0.25) is 10.0 Å². The minimum atomic E-state index is -3.40. The number of anilines is 1. The SMILES string of the molecule is O=C(O)c1cccc(NS(=O)(=O)C2CCCC2)c1. The first kappa shape index (κ1) is 12.9. The normalized spacial score (nSPS) is 16.7. The maximum Gasteiger partial charge on any atom is 0.335 e. The van der Waals surface area contributed by atoms with Crippen molar-refractivity contribution in [3.05, 3.63) is 29.8 Å². The Morgan fingerprint density at radius 1 is 1.28 bits per heavy atom. The Labute approximate surface area is 106 Å². The van der Waals surface area contributed by atoms with Crippen molar-refractivity contribution < 1.29 is 18.3 Å². The van der Waals surface area contributed by atoms with E-state index in [9.17, 15) is 13.2 Å². The van der Waals surface area contributed by atoms with Gasteiger partial charge in [-0.25, -0.2) is 13.2 Å². The van der Waals surface area contributed by atoms with Gasteiger partial charge in [0, 0.05) is 5.69 Å². The average molecular weight is 269 g/mol. The molecule has 0 aromatic heterocycles. The average Bonchev–Trinajstić information content (AvgIpc) is 2.82. The lowest BCUT2D eigenvalue weighted by Crippen LogP contribution is -2.25. The van der Waals surface area contributed by atoms with Crippen LogP contribution in [0.2, 0.25) is 0 Å². The molecule has 1 aliphatic carbocycles. The van der Waals surface area contributed by atoms with Crippen molar-refractivity contribution in [2.75, 3.05) is 4.72 Å². The van der Waals surface area contributed by atoms with Crippen LogP contribution in [0.25, 0.3) is 0 Å². The van der Waals surface area contributed by atoms with Crippen molar-refractivity contribution in [2.24, 2.45) is 0 Å². The van der Waals surface area contributed by atoms with E-state index in [0.29, 0.717) is 18.5 Å². The van der Waals surface area contributed by atoms with Gasteiger partial charge in [0.25, 0.3) is 0 Å². The number of nitrogens with one attached hydrogen (secondary N) is 1. The largest absolute Gasteiger partial charge is 0.478 e. The first-order valence-electron chi connectivity index (χ1n) is 5.84. The minimum absolute atomic E-state index is 0.0709. The van der Waals surface area contributed by atoms with Crippen LogP contribution in [-0.4, -0.2) is 24.7 Å². The molecule has 98 valence electrons. The summed E-state index contributed by atoms with van der Waals surface area (Å²) in [7, 11) is -3.40. The topological polar surface area (TPSA) is 83.5 Å². The maximum absolute atomic E-state index is 12.0. The predicted octanol–water partition coefficient (Wildman–Crippen LogP) is 2.07. The third kappa shape index (κ3) is 2.81. The molecule has 6 heteroatoms. The van der Waals surface area contributed by atoms with E-state index >= 15 is 0 Å². The number of rotatable bonds is 4. The standard InChI is InChI=1S/C12H15NO4S/c14-12(15)9-4-3-5-10(8-9)13-18(16,17)11-6-1-2-7-11/h3-5,8,11,13H,1-2,6-7H2,(H,14,15). The van der Waals surface area contributed by atoms with E-state index in [1.165, 1.54) is 18.2 Å². The fourth-order valence-electron chi connectivity index (χ4n) is 2.16. The first-order chi connectivity index (χ1) is 8.49. The number of carboxylic acid groups (broad SMARTS) is 1. The molecular formula is C12H15NO4S. The molecule has 0 amide bonds. The molecule has 0 bridgehead atoms. The zero-order valence-electron chi connectivity index (χ0n) is 9.80. The third-order valence-electron chi connectivity index (χ3n) is 3.11. The van der Waals surface area contributed by atoms with Gasteiger partial charge >= 0.3 is 5.97 Å². The van der Waals surface area contributed by atoms with Gasteiger partial charge in [-0.2, -0.15) is 0 Å². The molecule has 0 aliphatic heterocycles. The molecule has 0 radical (unpaired) electrons. The van der Waals surface area contributed by atoms with Gasteiger partial charge in [-0.3, -0.25) is 4.72 Å². The van der Waals surface area contributed by atoms with Crippen molar-refractivity contribution in [2.45, 2.75) is 30.9 Å². The van der Waals surface area contributed by atoms with Crippen LogP contribution in [-0.2, 0) is 10.0 Å². The number of benzene rings is 1. The van der Waals surface area contributed by atoms with Gasteiger partial charge in [-0.05, 0) is 31.0 Å². The summed E-state index contributed by atoms with van der Waals surface area (Å²) in [6.45, 7) is 0. The summed E-state index contributed by atoms with van der Waals surface area (Å²) in [5, 5.41) is 8.49. The summed E-state index contributed by atoms with van der Waals surface area (Å²) in [4.78, 5) is 10.8. The molecule has 5 nitrogen and oxygen atoms in total. The molecule has 0 atom stereocenters. The van der Waals surface area contributed by atoms with Crippen molar-refractivity contribution in [1.82, 2.24) is 0 Å². The van der Waals surface area contributed by atoms with Crippen molar-refractivity contribution >= 4 is 21.7 Å². The van der Waals surface area contributed by atoms with Crippen LogP contribution in [0.1, 0.15) is 36.0 Å². The second-order valence-electron chi connectivity index (χ2n) is 4.44. The zero-order chi connectivity index (χ0) is 13.2. The Bertz CT molecular complexity index is 547. The van der Waals surface area contributed by atoms with E-state index in [0.717, 1.165) is 12.8 Å². The molecule has 2 rings (SSSR count). The van der Waals surface area contributed by atoms with Crippen LogP contribution in [0, 0.1) is 0 Å². The van der Waals surface area contributed by atoms with Gasteiger partial charge in [0.15, 0.2) is 0 Å². The van der Waals surface area contributed by atoms with Gasteiger partial charge in [-0.1, -0.05) is 18.9 Å². The molecule has 2 N–H and O–H groups in total. The zero-order valence-corrected chi connectivity index (χ0v) is 10.6. The van der Waals surface area contributed by atoms with E-state index < -0.39 is 16.0 Å². The van der Waals surface area contributed by atoms with Gasteiger partial charge in [-0.15, -0.1) is 0 Å². The van der Waals surface area contributed by atoms with Crippen LogP contribution >= 0.6 is 0 Å². The Kier molecular flexibility index (Phi) is 3.56. The summed E-state index contributed by atoms with van der Waals surface area (Å²) >= 11 is 0. The monoisotopic (exact) mass is 269 g/mol. The summed E-state index contributed by atoms with van der Waals surface area (Å²) in [6.07, 6.45) is 3.21. The molecule has 1 aromatic carbocycles. The molecule has 0 spiro atoms. The second-order valence-corrected chi connectivity index (χ2v) is 6.40. The lowest BCUT2D eigenvalue weighted by atomic mass is 10.2. The Hall–Kier alpha value is -1.56. The summed E-state index contributed by atoms with van der Waals surface area (Å²) in [5.74, 6) is -1.07. The highest BCUT2D eigenvalue weighted by Gasteiger charge is 2.28. The molecule has 1 fully saturated rings. The smallest absolute Gasteiger partial charge is 0.335 e. The molecule has 1 aliphatic rings. The molecule has 0 heterocycles. The van der Waals surface area contributed by atoms with Crippen LogP contribution in [0.3, 0.4) is 0 Å². The van der Waals surface area contributed by atoms with E-state index in [1.54, 1.807) is 6.07 Å². The number of sulfonamides is 1. The molecule has 1 aromatic rings. The van der Waals surface area contributed by atoms with Gasteiger partial charge in [0.1, 0.15) is 0 Å². The Morgan fingerprint density at radius 2 is 1.94 bits per heavy atom. The molecule has 1 saturated carbocycles. The van der Waals surface area contributed by atoms with Gasteiger partial charge in [0.05, 0.1) is 10.8 Å². The predicted molar refractivity (Wildman–Crippen MR) is 68.2 cm³/mol. The number of carbonyl (C=O) groups is 1. The van der Waals surface area contributed by atoms with Crippen molar-refractivity contribution in [1.29, 1.82) is 0 Å².